The first-order chi connectivity index (χ1) is 11.1. The number of benzene rings is 1. The number of hydrogen-bond acceptors (Lipinski definition) is 3. The van der Waals surface area contributed by atoms with Crippen LogP contribution >= 0.6 is 0 Å². The average Bonchev–Trinajstić information content (AvgIpc) is 3.09. The van der Waals surface area contributed by atoms with E-state index in [1.54, 1.807) is 13.2 Å². The summed E-state index contributed by atoms with van der Waals surface area (Å²) in [7, 11) is 1.61. The number of carbonyl (C=O) groups excluding carboxylic acids is 2. The molecule has 2 amide bonds. The maximum atomic E-state index is 11.9. The SMILES string of the molecule is COc1cccc(/C(C)=C/C(=O)NCCC(=O)N2CCCC2)c1. The fourth-order valence-electron chi connectivity index (χ4n) is 2.62. The minimum atomic E-state index is -0.181. The summed E-state index contributed by atoms with van der Waals surface area (Å²) in [6, 6.07) is 7.56. The molecule has 1 fully saturated rings. The van der Waals surface area contributed by atoms with Crippen LogP contribution in [0, 0.1) is 0 Å². The van der Waals surface area contributed by atoms with Crippen molar-refractivity contribution in [1.82, 2.24) is 10.2 Å². The van der Waals surface area contributed by atoms with Gasteiger partial charge in [-0.15, -0.1) is 0 Å². The highest BCUT2D eigenvalue weighted by molar-refractivity contribution is 5.95. The molecule has 1 heterocycles. The van der Waals surface area contributed by atoms with Gasteiger partial charge in [0, 0.05) is 32.1 Å². The van der Waals surface area contributed by atoms with Gasteiger partial charge in [0.2, 0.25) is 11.8 Å². The van der Waals surface area contributed by atoms with E-state index in [-0.39, 0.29) is 11.8 Å². The van der Waals surface area contributed by atoms with Crippen molar-refractivity contribution in [3.8, 4) is 5.75 Å². The summed E-state index contributed by atoms with van der Waals surface area (Å²) >= 11 is 0. The molecule has 1 aliphatic heterocycles. The summed E-state index contributed by atoms with van der Waals surface area (Å²) in [6.07, 6.45) is 4.08. The molecule has 0 bridgehead atoms. The lowest BCUT2D eigenvalue weighted by Crippen LogP contribution is -2.32. The Kier molecular flexibility index (Phi) is 6.20. The van der Waals surface area contributed by atoms with Crippen LogP contribution < -0.4 is 10.1 Å². The lowest BCUT2D eigenvalue weighted by atomic mass is 10.1. The summed E-state index contributed by atoms with van der Waals surface area (Å²) in [6.45, 7) is 3.95. The van der Waals surface area contributed by atoms with Gasteiger partial charge in [-0.05, 0) is 43.0 Å². The Morgan fingerprint density at radius 2 is 2.04 bits per heavy atom. The molecule has 0 radical (unpaired) electrons. The van der Waals surface area contributed by atoms with Crippen molar-refractivity contribution >= 4 is 17.4 Å². The maximum absolute atomic E-state index is 11.9. The highest BCUT2D eigenvalue weighted by atomic mass is 16.5. The molecular weight excluding hydrogens is 292 g/mol. The van der Waals surface area contributed by atoms with Crippen molar-refractivity contribution in [1.29, 1.82) is 0 Å². The van der Waals surface area contributed by atoms with Crippen molar-refractivity contribution in [2.45, 2.75) is 26.2 Å². The molecule has 2 rings (SSSR count). The highest BCUT2D eigenvalue weighted by Crippen LogP contribution is 2.19. The number of ether oxygens (including phenoxy) is 1. The molecule has 1 N–H and O–H groups in total. The summed E-state index contributed by atoms with van der Waals surface area (Å²) in [5.74, 6) is 0.697. The first-order valence-electron chi connectivity index (χ1n) is 7.98. The predicted molar refractivity (Wildman–Crippen MR) is 90.1 cm³/mol. The van der Waals surface area contributed by atoms with E-state index in [4.69, 9.17) is 4.74 Å². The monoisotopic (exact) mass is 316 g/mol. The van der Waals surface area contributed by atoms with Gasteiger partial charge in [-0.2, -0.15) is 0 Å². The standard InChI is InChI=1S/C18H24N2O3/c1-14(15-6-5-7-16(13-15)23-2)12-17(21)19-9-8-18(22)20-10-3-4-11-20/h5-7,12-13H,3-4,8-11H2,1-2H3,(H,19,21)/b14-12+. The summed E-state index contributed by atoms with van der Waals surface area (Å²) in [4.78, 5) is 25.7. The van der Waals surface area contributed by atoms with Crippen molar-refractivity contribution in [2.75, 3.05) is 26.7 Å². The predicted octanol–water partition coefficient (Wildman–Crippen LogP) is 2.23. The molecular formula is C18H24N2O3. The van der Waals surface area contributed by atoms with Gasteiger partial charge in [0.25, 0.3) is 0 Å². The lowest BCUT2D eigenvalue weighted by molar-refractivity contribution is -0.130. The molecule has 0 aliphatic carbocycles. The summed E-state index contributed by atoms with van der Waals surface area (Å²) in [5, 5.41) is 2.77. The maximum Gasteiger partial charge on any atom is 0.244 e. The third-order valence-electron chi connectivity index (χ3n) is 3.97. The quantitative estimate of drug-likeness (QED) is 0.819. The molecule has 124 valence electrons. The Bertz CT molecular complexity index is 590. The molecule has 0 atom stereocenters. The van der Waals surface area contributed by atoms with Crippen LogP contribution in [0.2, 0.25) is 0 Å². The Balaban J connectivity index is 1.81. The minimum absolute atomic E-state index is 0.122. The zero-order chi connectivity index (χ0) is 16.7. The number of amides is 2. The molecule has 5 nitrogen and oxygen atoms in total. The van der Waals surface area contributed by atoms with E-state index in [9.17, 15) is 9.59 Å². The van der Waals surface area contributed by atoms with E-state index in [1.165, 1.54) is 0 Å². The molecule has 0 spiro atoms. The zero-order valence-electron chi connectivity index (χ0n) is 13.8. The summed E-state index contributed by atoms with van der Waals surface area (Å²) in [5.41, 5.74) is 1.79. The first-order valence-corrected chi connectivity index (χ1v) is 7.98. The van der Waals surface area contributed by atoms with Crippen molar-refractivity contribution in [3.05, 3.63) is 35.9 Å². The Morgan fingerprint density at radius 3 is 2.74 bits per heavy atom. The largest absolute Gasteiger partial charge is 0.497 e. The second-order valence-corrected chi connectivity index (χ2v) is 5.69. The number of carbonyl (C=O) groups is 2. The van der Waals surface area contributed by atoms with Gasteiger partial charge in [-0.3, -0.25) is 9.59 Å². The number of hydrogen-bond donors (Lipinski definition) is 1. The van der Waals surface area contributed by atoms with Crippen LogP contribution in [0.4, 0.5) is 0 Å². The van der Waals surface area contributed by atoms with Crippen molar-refractivity contribution in [3.63, 3.8) is 0 Å². The lowest BCUT2D eigenvalue weighted by Gasteiger charge is -2.14. The van der Waals surface area contributed by atoms with Gasteiger partial charge in [-0.25, -0.2) is 0 Å². The number of methoxy groups -OCH3 is 1. The third kappa shape index (κ3) is 5.13. The van der Waals surface area contributed by atoms with Gasteiger partial charge in [-0.1, -0.05) is 12.1 Å². The van der Waals surface area contributed by atoms with Crippen LogP contribution in [-0.4, -0.2) is 43.5 Å². The van der Waals surface area contributed by atoms with Crippen LogP contribution in [0.5, 0.6) is 5.75 Å². The van der Waals surface area contributed by atoms with Gasteiger partial charge in [0.1, 0.15) is 5.75 Å². The van der Waals surface area contributed by atoms with Crippen LogP contribution in [0.1, 0.15) is 31.7 Å². The van der Waals surface area contributed by atoms with Crippen molar-refractivity contribution in [2.24, 2.45) is 0 Å². The van der Waals surface area contributed by atoms with Gasteiger partial charge >= 0.3 is 0 Å². The number of allylic oxidation sites excluding steroid dienone is 1. The Morgan fingerprint density at radius 1 is 1.30 bits per heavy atom. The number of nitrogens with zero attached hydrogens (tertiary/aromatic N) is 1. The Hall–Kier alpha value is -2.30. The Labute approximate surface area is 137 Å². The molecule has 1 aromatic carbocycles. The normalized spacial score (nSPS) is 14.7. The molecule has 23 heavy (non-hydrogen) atoms. The second-order valence-electron chi connectivity index (χ2n) is 5.69. The second kappa shape index (κ2) is 8.36. The average molecular weight is 316 g/mol. The van der Waals surface area contributed by atoms with E-state index in [0.29, 0.717) is 13.0 Å². The molecule has 1 aliphatic rings. The van der Waals surface area contributed by atoms with Crippen molar-refractivity contribution < 1.29 is 14.3 Å². The van der Waals surface area contributed by atoms with Crippen LogP contribution in [0.15, 0.2) is 30.3 Å². The molecule has 0 saturated carbocycles. The van der Waals surface area contributed by atoms with Gasteiger partial charge in [0.05, 0.1) is 7.11 Å². The van der Waals surface area contributed by atoms with E-state index < -0.39 is 0 Å². The first kappa shape index (κ1) is 17.1. The number of nitrogens with one attached hydrogen (secondary N) is 1. The number of likely N-dealkylation sites (tertiary alicyclic amines) is 1. The molecule has 0 unspecified atom stereocenters. The molecule has 0 aromatic heterocycles. The van der Waals surface area contributed by atoms with Crippen LogP contribution in [-0.2, 0) is 9.59 Å². The third-order valence-corrected chi connectivity index (χ3v) is 3.97. The minimum Gasteiger partial charge on any atom is -0.497 e. The number of rotatable bonds is 6. The van der Waals surface area contributed by atoms with Crippen LogP contribution in [0.3, 0.4) is 0 Å². The molecule has 5 heteroatoms. The fraction of sp³-hybridized carbons (Fsp3) is 0.444. The summed E-state index contributed by atoms with van der Waals surface area (Å²) < 4.78 is 5.18. The van der Waals surface area contributed by atoms with Crippen LogP contribution in [0.25, 0.3) is 5.57 Å². The highest BCUT2D eigenvalue weighted by Gasteiger charge is 2.17. The fourth-order valence-corrected chi connectivity index (χ4v) is 2.62. The van der Waals surface area contributed by atoms with E-state index in [2.05, 4.69) is 5.32 Å². The zero-order valence-corrected chi connectivity index (χ0v) is 13.8. The van der Waals surface area contributed by atoms with E-state index in [1.807, 2.05) is 36.1 Å². The van der Waals surface area contributed by atoms with Gasteiger partial charge < -0.3 is 15.0 Å². The van der Waals surface area contributed by atoms with Gasteiger partial charge in [0.15, 0.2) is 0 Å². The molecule has 1 aromatic rings. The van der Waals surface area contributed by atoms with E-state index in [0.717, 1.165) is 42.8 Å². The smallest absolute Gasteiger partial charge is 0.244 e. The van der Waals surface area contributed by atoms with E-state index >= 15 is 0 Å². The molecule has 1 saturated heterocycles. The topological polar surface area (TPSA) is 58.6 Å².